The summed E-state index contributed by atoms with van der Waals surface area (Å²) in [5.74, 6) is 4.63. The third-order valence-corrected chi connectivity index (χ3v) is 11.3. The lowest BCUT2D eigenvalue weighted by molar-refractivity contribution is -0.201. The van der Waals surface area contributed by atoms with Crippen LogP contribution in [0.4, 0.5) is 0 Å². The van der Waals surface area contributed by atoms with Gasteiger partial charge in [0.15, 0.2) is 0 Å². The Hall–Kier alpha value is -0.450. The molecule has 0 radical (unpaired) electrons. The Morgan fingerprint density at radius 3 is 2.45 bits per heavy atom. The Morgan fingerprint density at radius 2 is 1.76 bits per heavy atom. The quantitative estimate of drug-likeness (QED) is 0.433. The van der Waals surface area contributed by atoms with Gasteiger partial charge in [0, 0.05) is 20.0 Å². The van der Waals surface area contributed by atoms with Crippen LogP contribution in [0.5, 0.6) is 0 Å². The first-order valence-corrected chi connectivity index (χ1v) is 13.9. The van der Waals surface area contributed by atoms with Crippen molar-refractivity contribution in [2.45, 2.75) is 111 Å². The maximum Gasteiger partial charge on any atom is 0.146 e. The average Bonchev–Trinajstić information content (AvgIpc) is 3.13. The number of ether oxygens (including phenoxy) is 2. The van der Waals surface area contributed by atoms with Crippen LogP contribution >= 0.6 is 0 Å². The van der Waals surface area contributed by atoms with Crippen molar-refractivity contribution >= 4 is 5.78 Å². The molecule has 0 aliphatic heterocycles. The summed E-state index contributed by atoms with van der Waals surface area (Å²) >= 11 is 0. The first-order valence-electron chi connectivity index (χ1n) is 13.9. The molecule has 0 spiro atoms. The van der Waals surface area contributed by atoms with E-state index in [1.807, 2.05) is 0 Å². The van der Waals surface area contributed by atoms with E-state index in [9.17, 15) is 9.90 Å². The van der Waals surface area contributed by atoms with Crippen molar-refractivity contribution in [1.29, 1.82) is 0 Å². The van der Waals surface area contributed by atoms with Crippen molar-refractivity contribution in [2.24, 2.45) is 52.3 Å². The summed E-state index contributed by atoms with van der Waals surface area (Å²) in [6.07, 6.45) is 11.0. The lowest BCUT2D eigenvalue weighted by atomic mass is 9.43. The van der Waals surface area contributed by atoms with Gasteiger partial charge in [0.05, 0.1) is 12.2 Å². The van der Waals surface area contributed by atoms with E-state index in [4.69, 9.17) is 9.47 Å². The number of hydrogen-bond donors (Lipinski definition) is 1. The van der Waals surface area contributed by atoms with Crippen molar-refractivity contribution in [1.82, 2.24) is 0 Å². The van der Waals surface area contributed by atoms with Gasteiger partial charge in [0.1, 0.15) is 12.6 Å². The van der Waals surface area contributed by atoms with Crippen LogP contribution in [0.25, 0.3) is 0 Å². The van der Waals surface area contributed by atoms with Crippen LogP contribution in [-0.4, -0.2) is 37.0 Å². The second-order valence-corrected chi connectivity index (χ2v) is 13.2. The highest BCUT2D eigenvalue weighted by molar-refractivity contribution is 5.79. The molecule has 4 fully saturated rings. The second-order valence-electron chi connectivity index (χ2n) is 13.2. The van der Waals surface area contributed by atoms with Gasteiger partial charge in [-0.15, -0.1) is 0 Å². The summed E-state index contributed by atoms with van der Waals surface area (Å²) in [4.78, 5) is 12.4. The number of ketones is 1. The van der Waals surface area contributed by atoms with Crippen molar-refractivity contribution in [3.63, 3.8) is 0 Å². The van der Waals surface area contributed by atoms with E-state index in [2.05, 4.69) is 34.6 Å². The number of carbonyl (C=O) groups excluding carboxylic acids is 1. The molecule has 4 aliphatic rings. The third-order valence-electron chi connectivity index (χ3n) is 11.3. The monoisotopic (exact) mass is 462 g/mol. The summed E-state index contributed by atoms with van der Waals surface area (Å²) in [7, 11) is 1.72. The van der Waals surface area contributed by atoms with Gasteiger partial charge in [0.2, 0.25) is 0 Å². The number of carbonyl (C=O) groups is 1. The summed E-state index contributed by atoms with van der Waals surface area (Å²) in [5, 5.41) is 10.4. The van der Waals surface area contributed by atoms with Gasteiger partial charge in [-0.05, 0) is 104 Å². The molecule has 0 aromatic heterocycles. The first kappa shape index (κ1) is 25.6. The number of rotatable bonds is 8. The van der Waals surface area contributed by atoms with Gasteiger partial charge < -0.3 is 14.6 Å². The largest absolute Gasteiger partial charge is 0.393 e. The molecule has 190 valence electrons. The highest BCUT2D eigenvalue weighted by Gasteiger charge is 2.63. The molecular formula is C29H50O4. The highest BCUT2D eigenvalue weighted by Crippen LogP contribution is 2.68. The number of Topliss-reactive ketones (excluding diaryl/α,β-unsaturated/α-hetero) is 1. The number of aliphatic hydroxyl groups excluding tert-OH is 1. The van der Waals surface area contributed by atoms with E-state index in [0.29, 0.717) is 53.5 Å². The van der Waals surface area contributed by atoms with Crippen molar-refractivity contribution in [3.8, 4) is 0 Å². The molecule has 33 heavy (non-hydrogen) atoms. The molecule has 4 unspecified atom stereocenters. The second kappa shape index (κ2) is 9.90. The van der Waals surface area contributed by atoms with Crippen LogP contribution in [0.2, 0.25) is 0 Å². The molecule has 10 atom stereocenters. The molecule has 0 aromatic carbocycles. The van der Waals surface area contributed by atoms with Crippen LogP contribution in [0.15, 0.2) is 0 Å². The maximum absolute atomic E-state index is 12.4. The van der Waals surface area contributed by atoms with Crippen molar-refractivity contribution < 1.29 is 19.4 Å². The third kappa shape index (κ3) is 4.58. The van der Waals surface area contributed by atoms with Gasteiger partial charge >= 0.3 is 0 Å². The van der Waals surface area contributed by atoms with E-state index in [1.165, 1.54) is 25.7 Å². The van der Waals surface area contributed by atoms with Crippen LogP contribution in [0, 0.1) is 52.3 Å². The van der Waals surface area contributed by atoms with E-state index < -0.39 is 0 Å². The summed E-state index contributed by atoms with van der Waals surface area (Å²) in [6.45, 7) is 12.2. The van der Waals surface area contributed by atoms with Crippen molar-refractivity contribution in [3.05, 3.63) is 0 Å². The predicted molar refractivity (Wildman–Crippen MR) is 132 cm³/mol. The fraction of sp³-hybridized carbons (Fsp3) is 0.966. The minimum atomic E-state index is -0.177. The Bertz CT molecular complexity index is 691. The lowest BCUT2D eigenvalue weighted by Crippen LogP contribution is -2.59. The van der Waals surface area contributed by atoms with E-state index in [0.717, 1.165) is 44.4 Å². The topological polar surface area (TPSA) is 55.8 Å². The molecule has 1 N–H and O–H groups in total. The fourth-order valence-electron chi connectivity index (χ4n) is 9.26. The minimum absolute atomic E-state index is 0.177. The smallest absolute Gasteiger partial charge is 0.146 e. The van der Waals surface area contributed by atoms with Crippen LogP contribution < -0.4 is 0 Å². The summed E-state index contributed by atoms with van der Waals surface area (Å²) in [5.41, 5.74) is 0.656. The minimum Gasteiger partial charge on any atom is -0.393 e. The lowest BCUT2D eigenvalue weighted by Gasteiger charge is -2.62. The number of fused-ring (bicyclic) bond motifs is 5. The molecule has 0 bridgehead atoms. The molecule has 0 aromatic rings. The molecule has 4 nitrogen and oxygen atoms in total. The van der Waals surface area contributed by atoms with Gasteiger partial charge in [-0.25, -0.2) is 0 Å². The van der Waals surface area contributed by atoms with E-state index in [-0.39, 0.29) is 17.6 Å². The normalized spacial score (nSPS) is 44.8. The van der Waals surface area contributed by atoms with Gasteiger partial charge in [-0.3, -0.25) is 4.79 Å². The van der Waals surface area contributed by atoms with Crippen LogP contribution in [-0.2, 0) is 14.3 Å². The Morgan fingerprint density at radius 1 is 1.03 bits per heavy atom. The summed E-state index contributed by atoms with van der Waals surface area (Å²) < 4.78 is 11.8. The molecule has 0 saturated heterocycles. The highest BCUT2D eigenvalue weighted by atomic mass is 16.7. The molecule has 0 amide bonds. The van der Waals surface area contributed by atoms with Gasteiger partial charge in [0.25, 0.3) is 0 Å². The average molecular weight is 463 g/mol. The zero-order valence-electron chi connectivity index (χ0n) is 22.1. The first-order chi connectivity index (χ1) is 15.6. The van der Waals surface area contributed by atoms with Gasteiger partial charge in [-0.2, -0.15) is 0 Å². The number of methoxy groups -OCH3 is 1. The number of hydrogen-bond acceptors (Lipinski definition) is 4. The zero-order valence-corrected chi connectivity index (χ0v) is 22.1. The molecule has 4 rings (SSSR count). The van der Waals surface area contributed by atoms with Crippen LogP contribution in [0.3, 0.4) is 0 Å². The molecular weight excluding hydrogens is 412 g/mol. The van der Waals surface area contributed by atoms with Gasteiger partial charge in [-0.1, -0.05) is 34.6 Å². The predicted octanol–water partition coefficient (Wildman–Crippen LogP) is 6.25. The SMILES string of the molecule is COCOC1C[C@H]2CC(=O)CC[C@]2(C)C2CC[C@@]3(C)C(CC[C@@H]3[C@H](C)CC[C@@H](O)C(C)C)C12. The van der Waals surface area contributed by atoms with Crippen LogP contribution in [0.1, 0.15) is 98.8 Å². The van der Waals surface area contributed by atoms with E-state index >= 15 is 0 Å². The molecule has 4 saturated carbocycles. The van der Waals surface area contributed by atoms with Crippen molar-refractivity contribution in [2.75, 3.05) is 13.9 Å². The Balaban J connectivity index is 1.55. The number of aliphatic hydroxyl groups is 1. The fourth-order valence-corrected chi connectivity index (χ4v) is 9.26. The summed E-state index contributed by atoms with van der Waals surface area (Å²) in [6, 6.07) is 0. The van der Waals surface area contributed by atoms with E-state index in [1.54, 1.807) is 7.11 Å². The Labute approximate surface area is 202 Å². The molecule has 4 aliphatic carbocycles. The Kier molecular flexibility index (Phi) is 7.69. The molecule has 4 heteroatoms. The maximum atomic E-state index is 12.4. The zero-order chi connectivity index (χ0) is 24.0. The molecule has 0 heterocycles. The standard InChI is InChI=1S/C29H50O4/c1-18(2)25(31)10-7-19(3)22-8-9-23-27-24(12-14-29(22,23)5)28(4)13-11-21(30)15-20(28)16-26(27)33-17-32-6/h18-20,22-27,31H,7-17H2,1-6H3/t19-,20-,22-,23?,24?,25-,26?,27?,28+,29-/m1/s1.